The molecule has 0 aliphatic heterocycles. The molecule has 0 saturated heterocycles. The van der Waals surface area contributed by atoms with Gasteiger partial charge in [-0.2, -0.15) is 0 Å². The topological polar surface area (TPSA) is 79.8 Å². The van der Waals surface area contributed by atoms with Crippen LogP contribution in [0.15, 0.2) is 4.99 Å². The minimum atomic E-state index is -2.95. The maximum Gasteiger partial charge on any atom is 0.191 e. The van der Waals surface area contributed by atoms with Gasteiger partial charge in [-0.1, -0.05) is 27.7 Å². The number of guanidine groups is 1. The molecule has 0 fully saturated rings. The molecule has 0 aromatic heterocycles. The molecule has 0 aliphatic rings. The maximum atomic E-state index is 11.4. The van der Waals surface area contributed by atoms with Crippen molar-refractivity contribution in [2.24, 2.45) is 10.4 Å². The zero-order valence-electron chi connectivity index (χ0n) is 13.9. The van der Waals surface area contributed by atoms with Crippen molar-refractivity contribution in [2.75, 3.05) is 38.8 Å². The van der Waals surface area contributed by atoms with E-state index < -0.39 is 9.84 Å². The largest absolute Gasteiger partial charge is 0.379 e. The average molecular weight is 435 g/mol. The first kappa shape index (κ1) is 23.2. The van der Waals surface area contributed by atoms with Gasteiger partial charge in [-0.05, 0) is 5.41 Å². The second-order valence-electron chi connectivity index (χ2n) is 5.71. The number of hydrogen-bond donors (Lipinski definition) is 2. The van der Waals surface area contributed by atoms with Crippen LogP contribution in [0.5, 0.6) is 0 Å². The Bertz CT molecular complexity index is 405. The minimum absolute atomic E-state index is 0. The molecule has 0 spiro atoms. The van der Waals surface area contributed by atoms with Gasteiger partial charge in [-0.25, -0.2) is 8.42 Å². The Kier molecular flexibility index (Phi) is 11.7. The molecular formula is C13H30IN3O3S. The summed E-state index contributed by atoms with van der Waals surface area (Å²) in [6, 6.07) is 0. The summed E-state index contributed by atoms with van der Waals surface area (Å²) in [6.07, 6.45) is 0.0421. The molecule has 2 N–H and O–H groups in total. The molecule has 0 aromatic rings. The summed E-state index contributed by atoms with van der Waals surface area (Å²) >= 11 is 0. The van der Waals surface area contributed by atoms with Gasteiger partial charge in [0.05, 0.1) is 11.9 Å². The lowest BCUT2D eigenvalue weighted by Gasteiger charge is -2.30. The number of nitrogens with one attached hydrogen (secondary N) is 2. The highest BCUT2D eigenvalue weighted by Crippen LogP contribution is 2.20. The van der Waals surface area contributed by atoms with E-state index in [1.54, 1.807) is 21.1 Å². The summed E-state index contributed by atoms with van der Waals surface area (Å²) in [5.74, 6) is 0.857. The number of halogens is 1. The molecule has 0 aliphatic carbocycles. The van der Waals surface area contributed by atoms with E-state index in [1.165, 1.54) is 0 Å². The highest BCUT2D eigenvalue weighted by Gasteiger charge is 2.24. The quantitative estimate of drug-likeness (QED) is 0.358. The number of ether oxygens (including phenoxy) is 1. The van der Waals surface area contributed by atoms with Gasteiger partial charge >= 0.3 is 0 Å². The summed E-state index contributed by atoms with van der Waals surface area (Å²) in [6.45, 7) is 8.92. The number of methoxy groups -OCH3 is 1. The van der Waals surface area contributed by atoms with Gasteiger partial charge in [-0.3, -0.25) is 4.99 Å². The Morgan fingerprint density at radius 3 is 2.24 bits per heavy atom. The van der Waals surface area contributed by atoms with E-state index in [9.17, 15) is 8.42 Å². The molecular weight excluding hydrogens is 405 g/mol. The monoisotopic (exact) mass is 435 g/mol. The van der Waals surface area contributed by atoms with Crippen molar-refractivity contribution < 1.29 is 13.2 Å². The first-order valence-corrected chi connectivity index (χ1v) is 8.66. The third-order valence-electron chi connectivity index (χ3n) is 3.07. The number of sulfone groups is 1. The van der Waals surface area contributed by atoms with Crippen LogP contribution in [-0.4, -0.2) is 59.2 Å². The maximum absolute atomic E-state index is 11.4. The summed E-state index contributed by atoms with van der Waals surface area (Å²) in [5.41, 5.74) is 0.0200. The van der Waals surface area contributed by atoms with E-state index in [0.29, 0.717) is 19.0 Å². The van der Waals surface area contributed by atoms with Crippen molar-refractivity contribution in [1.82, 2.24) is 10.6 Å². The van der Waals surface area contributed by atoms with Gasteiger partial charge in [0.25, 0.3) is 0 Å². The van der Waals surface area contributed by atoms with Gasteiger partial charge in [0.2, 0.25) is 0 Å². The lowest BCUT2D eigenvalue weighted by molar-refractivity contribution is 0.0205. The van der Waals surface area contributed by atoms with Crippen LogP contribution >= 0.6 is 24.0 Å². The normalized spacial score (nSPS) is 14.3. The molecule has 21 heavy (non-hydrogen) atoms. The number of rotatable bonds is 7. The van der Waals surface area contributed by atoms with Crippen LogP contribution in [0.1, 0.15) is 27.7 Å². The van der Waals surface area contributed by atoms with E-state index >= 15 is 0 Å². The van der Waals surface area contributed by atoms with Crippen molar-refractivity contribution in [2.45, 2.75) is 33.8 Å². The van der Waals surface area contributed by atoms with Crippen molar-refractivity contribution in [3.8, 4) is 0 Å². The predicted molar refractivity (Wildman–Crippen MR) is 99.4 cm³/mol. The Morgan fingerprint density at radius 1 is 1.29 bits per heavy atom. The van der Waals surface area contributed by atoms with Crippen molar-refractivity contribution >= 4 is 39.8 Å². The van der Waals surface area contributed by atoms with Crippen LogP contribution in [0.4, 0.5) is 0 Å². The Balaban J connectivity index is 0. The van der Waals surface area contributed by atoms with E-state index in [2.05, 4.69) is 36.4 Å². The fraction of sp³-hybridized carbons (Fsp3) is 0.923. The summed E-state index contributed by atoms with van der Waals surface area (Å²) < 4.78 is 28.2. The number of aliphatic imine (C=N–C) groups is 1. The molecule has 0 amide bonds. The third-order valence-corrected chi connectivity index (χ3v) is 4.78. The fourth-order valence-corrected chi connectivity index (χ4v) is 2.32. The molecule has 0 saturated carbocycles. The molecule has 0 heterocycles. The predicted octanol–water partition coefficient (Wildman–Crippen LogP) is 1.27. The number of hydrogen-bond acceptors (Lipinski definition) is 4. The lowest BCUT2D eigenvalue weighted by Crippen LogP contribution is -2.46. The zero-order valence-corrected chi connectivity index (χ0v) is 17.0. The first-order valence-electron chi connectivity index (χ1n) is 6.84. The molecule has 1 atom stereocenters. The third kappa shape index (κ3) is 10.3. The summed E-state index contributed by atoms with van der Waals surface area (Å²) in [7, 11) is 0.385. The van der Waals surface area contributed by atoms with Crippen LogP contribution in [0.25, 0.3) is 0 Å². The van der Waals surface area contributed by atoms with Gasteiger partial charge in [0.15, 0.2) is 15.8 Å². The first-order chi connectivity index (χ1) is 9.16. The zero-order chi connectivity index (χ0) is 15.8. The lowest BCUT2D eigenvalue weighted by atomic mass is 9.89. The standard InChI is InChI=1S/C13H29N3O3S.HI/c1-7-20(17,18)9-8-15-12(14-5)16-10-11(19-6)13(2,3)4;/h11H,7-10H2,1-6H3,(H2,14,15,16);1H. The van der Waals surface area contributed by atoms with Crippen LogP contribution in [0.3, 0.4) is 0 Å². The van der Waals surface area contributed by atoms with Crippen molar-refractivity contribution in [3.05, 3.63) is 0 Å². The minimum Gasteiger partial charge on any atom is -0.379 e. The Morgan fingerprint density at radius 2 is 1.86 bits per heavy atom. The van der Waals surface area contributed by atoms with Gasteiger partial charge in [-0.15, -0.1) is 24.0 Å². The Labute approximate surface area is 146 Å². The number of nitrogens with zero attached hydrogens (tertiary/aromatic N) is 1. The Hall–Kier alpha value is -0.0900. The van der Waals surface area contributed by atoms with Crippen LogP contribution in [-0.2, 0) is 14.6 Å². The SMILES string of the molecule is CCS(=O)(=O)CCNC(=NC)NCC(OC)C(C)(C)C.I. The second kappa shape index (κ2) is 10.6. The highest BCUT2D eigenvalue weighted by atomic mass is 127. The molecule has 0 bridgehead atoms. The highest BCUT2D eigenvalue weighted by molar-refractivity contribution is 14.0. The molecule has 128 valence electrons. The molecule has 6 nitrogen and oxygen atoms in total. The smallest absolute Gasteiger partial charge is 0.191 e. The van der Waals surface area contributed by atoms with Crippen molar-refractivity contribution in [1.29, 1.82) is 0 Å². The van der Waals surface area contributed by atoms with E-state index in [-0.39, 0.29) is 47.0 Å². The molecule has 0 rings (SSSR count). The molecule has 0 aromatic carbocycles. The molecule has 8 heteroatoms. The van der Waals surface area contributed by atoms with Gasteiger partial charge in [0.1, 0.15) is 0 Å². The van der Waals surface area contributed by atoms with E-state index in [4.69, 9.17) is 4.74 Å². The van der Waals surface area contributed by atoms with Gasteiger partial charge < -0.3 is 15.4 Å². The van der Waals surface area contributed by atoms with Crippen LogP contribution in [0.2, 0.25) is 0 Å². The van der Waals surface area contributed by atoms with E-state index in [0.717, 1.165) is 0 Å². The average Bonchev–Trinajstić information content (AvgIpc) is 2.35. The van der Waals surface area contributed by atoms with Gasteiger partial charge in [0, 0.05) is 33.0 Å². The second-order valence-corrected chi connectivity index (χ2v) is 8.18. The molecule has 1 unspecified atom stereocenters. The summed E-state index contributed by atoms with van der Waals surface area (Å²) in [5, 5.41) is 6.15. The van der Waals surface area contributed by atoms with Crippen LogP contribution in [0, 0.1) is 5.41 Å². The summed E-state index contributed by atoms with van der Waals surface area (Å²) in [4.78, 5) is 4.07. The molecule has 0 radical (unpaired) electrons. The van der Waals surface area contributed by atoms with Crippen molar-refractivity contribution in [3.63, 3.8) is 0 Å². The van der Waals surface area contributed by atoms with Crippen LogP contribution < -0.4 is 10.6 Å². The van der Waals surface area contributed by atoms with E-state index in [1.807, 2.05) is 0 Å². The fourth-order valence-electron chi connectivity index (χ4n) is 1.62.